The number of hydrogen-bond acceptors (Lipinski definition) is 3. The molecule has 0 aromatic heterocycles. The van der Waals surface area contributed by atoms with Crippen LogP contribution in [0.1, 0.15) is 33.6 Å². The summed E-state index contributed by atoms with van der Waals surface area (Å²) >= 11 is 0. The Morgan fingerprint density at radius 3 is 2.60 bits per heavy atom. The quantitative estimate of drug-likeness (QED) is 0.618. The van der Waals surface area contributed by atoms with Crippen LogP contribution in [0.15, 0.2) is 0 Å². The summed E-state index contributed by atoms with van der Waals surface area (Å²) in [6, 6.07) is 2.36. The molecule has 0 saturated heterocycles. The lowest BCUT2D eigenvalue weighted by Crippen LogP contribution is -2.41. The maximum atomic E-state index is 11.3. The van der Waals surface area contributed by atoms with E-state index in [0.717, 1.165) is 6.42 Å². The molecule has 0 rings (SSSR count). The zero-order valence-corrected chi connectivity index (χ0v) is 9.84. The summed E-state index contributed by atoms with van der Waals surface area (Å²) in [6.45, 7) is 7.15. The van der Waals surface area contributed by atoms with Crippen molar-refractivity contribution in [1.82, 2.24) is 10.6 Å². The summed E-state index contributed by atoms with van der Waals surface area (Å²) in [5.74, 6) is 0.492. The predicted octanol–water partition coefficient (Wildman–Crippen LogP) is 1.04. The van der Waals surface area contributed by atoms with E-state index in [1.807, 2.05) is 6.07 Å². The van der Waals surface area contributed by atoms with Crippen molar-refractivity contribution >= 4 is 5.91 Å². The van der Waals surface area contributed by atoms with Crippen LogP contribution in [-0.4, -0.2) is 25.0 Å². The van der Waals surface area contributed by atoms with Crippen LogP contribution in [0.5, 0.6) is 0 Å². The molecule has 15 heavy (non-hydrogen) atoms. The smallest absolute Gasteiger partial charge is 0.233 e. The van der Waals surface area contributed by atoms with Gasteiger partial charge in [0.15, 0.2) is 0 Å². The van der Waals surface area contributed by atoms with E-state index >= 15 is 0 Å². The highest BCUT2D eigenvalue weighted by atomic mass is 16.1. The topological polar surface area (TPSA) is 64.9 Å². The van der Waals surface area contributed by atoms with Gasteiger partial charge in [-0.2, -0.15) is 5.26 Å². The van der Waals surface area contributed by atoms with Gasteiger partial charge in [-0.25, -0.2) is 0 Å². The third-order valence-corrected chi connectivity index (χ3v) is 2.33. The minimum absolute atomic E-state index is 0.0376. The van der Waals surface area contributed by atoms with Gasteiger partial charge in [0.1, 0.15) is 0 Å². The Hall–Kier alpha value is -1.08. The van der Waals surface area contributed by atoms with Gasteiger partial charge in [-0.05, 0) is 12.3 Å². The van der Waals surface area contributed by atoms with E-state index in [9.17, 15) is 4.79 Å². The number of carbonyl (C=O) groups excluding carboxylic acids is 1. The SMILES string of the molecule is CCC(NCC(=O)NCCC#N)C(C)C. The normalized spacial score (nSPS) is 12.2. The molecule has 0 bridgehead atoms. The molecule has 0 saturated carbocycles. The van der Waals surface area contributed by atoms with Gasteiger partial charge in [-0.15, -0.1) is 0 Å². The molecule has 0 aliphatic heterocycles. The van der Waals surface area contributed by atoms with Crippen LogP contribution in [0.25, 0.3) is 0 Å². The van der Waals surface area contributed by atoms with E-state index in [1.54, 1.807) is 0 Å². The first-order valence-electron chi connectivity index (χ1n) is 5.48. The van der Waals surface area contributed by atoms with Gasteiger partial charge in [0, 0.05) is 12.6 Å². The molecule has 4 heteroatoms. The maximum absolute atomic E-state index is 11.3. The predicted molar refractivity (Wildman–Crippen MR) is 60.2 cm³/mol. The third-order valence-electron chi connectivity index (χ3n) is 2.33. The molecule has 1 amide bonds. The van der Waals surface area contributed by atoms with Crippen molar-refractivity contribution in [2.75, 3.05) is 13.1 Å². The molecule has 0 aromatic rings. The lowest BCUT2D eigenvalue weighted by molar-refractivity contribution is -0.120. The number of amides is 1. The van der Waals surface area contributed by atoms with Crippen LogP contribution in [0.4, 0.5) is 0 Å². The first-order valence-corrected chi connectivity index (χ1v) is 5.48. The molecule has 0 spiro atoms. The van der Waals surface area contributed by atoms with E-state index < -0.39 is 0 Å². The fourth-order valence-corrected chi connectivity index (χ4v) is 1.40. The van der Waals surface area contributed by atoms with Gasteiger partial charge in [0.05, 0.1) is 19.0 Å². The van der Waals surface area contributed by atoms with Crippen molar-refractivity contribution in [3.05, 3.63) is 0 Å². The molecule has 0 aliphatic rings. The highest BCUT2D eigenvalue weighted by molar-refractivity contribution is 5.77. The maximum Gasteiger partial charge on any atom is 0.233 e. The average Bonchev–Trinajstić information content (AvgIpc) is 2.18. The number of rotatable bonds is 7. The van der Waals surface area contributed by atoms with Gasteiger partial charge in [-0.3, -0.25) is 4.79 Å². The number of hydrogen-bond donors (Lipinski definition) is 2. The van der Waals surface area contributed by atoms with Crippen LogP contribution in [-0.2, 0) is 4.79 Å². The number of carbonyl (C=O) groups is 1. The van der Waals surface area contributed by atoms with Crippen molar-refractivity contribution in [3.63, 3.8) is 0 Å². The molecule has 1 unspecified atom stereocenters. The van der Waals surface area contributed by atoms with Crippen LogP contribution < -0.4 is 10.6 Å². The van der Waals surface area contributed by atoms with Gasteiger partial charge in [-0.1, -0.05) is 20.8 Å². The lowest BCUT2D eigenvalue weighted by Gasteiger charge is -2.20. The second kappa shape index (κ2) is 8.25. The van der Waals surface area contributed by atoms with Crippen molar-refractivity contribution in [2.24, 2.45) is 5.92 Å². The molecule has 2 N–H and O–H groups in total. The van der Waals surface area contributed by atoms with E-state index in [2.05, 4.69) is 31.4 Å². The first-order chi connectivity index (χ1) is 7.11. The van der Waals surface area contributed by atoms with E-state index in [-0.39, 0.29) is 5.91 Å². The van der Waals surface area contributed by atoms with Gasteiger partial charge in [0.2, 0.25) is 5.91 Å². The second-order valence-electron chi connectivity index (χ2n) is 3.90. The number of nitrogens with one attached hydrogen (secondary N) is 2. The number of nitriles is 1. The van der Waals surface area contributed by atoms with Gasteiger partial charge >= 0.3 is 0 Å². The molecule has 0 fully saturated rings. The fourth-order valence-electron chi connectivity index (χ4n) is 1.40. The summed E-state index contributed by atoms with van der Waals surface area (Å²) in [4.78, 5) is 11.3. The molecule has 4 nitrogen and oxygen atoms in total. The molecule has 86 valence electrons. The van der Waals surface area contributed by atoms with Crippen LogP contribution in [0.2, 0.25) is 0 Å². The summed E-state index contributed by atoms with van der Waals surface area (Å²) in [5.41, 5.74) is 0. The molecule has 0 aromatic carbocycles. The van der Waals surface area contributed by atoms with E-state index in [4.69, 9.17) is 5.26 Å². The van der Waals surface area contributed by atoms with Crippen molar-refractivity contribution in [1.29, 1.82) is 5.26 Å². The standard InChI is InChI=1S/C11H21N3O/c1-4-10(9(2)3)14-8-11(15)13-7-5-6-12/h9-10,14H,4-5,7-8H2,1-3H3,(H,13,15). The fraction of sp³-hybridized carbons (Fsp3) is 0.818. The third kappa shape index (κ3) is 6.92. The summed E-state index contributed by atoms with van der Waals surface area (Å²) < 4.78 is 0. The first kappa shape index (κ1) is 13.9. The van der Waals surface area contributed by atoms with Gasteiger partial charge < -0.3 is 10.6 Å². The lowest BCUT2D eigenvalue weighted by atomic mass is 10.0. The molecule has 1 atom stereocenters. The van der Waals surface area contributed by atoms with E-state index in [1.165, 1.54) is 0 Å². The molecular weight excluding hydrogens is 190 g/mol. The van der Waals surface area contributed by atoms with Crippen LogP contribution in [0, 0.1) is 17.2 Å². The summed E-state index contributed by atoms with van der Waals surface area (Å²) in [5, 5.41) is 14.2. The largest absolute Gasteiger partial charge is 0.354 e. The Kier molecular flexibility index (Phi) is 7.65. The van der Waals surface area contributed by atoms with Gasteiger partial charge in [0.25, 0.3) is 0 Å². The second-order valence-corrected chi connectivity index (χ2v) is 3.90. The van der Waals surface area contributed by atoms with E-state index in [0.29, 0.717) is 31.5 Å². The van der Waals surface area contributed by atoms with Crippen molar-refractivity contribution in [2.45, 2.75) is 39.7 Å². The van der Waals surface area contributed by atoms with Crippen molar-refractivity contribution < 1.29 is 4.79 Å². The monoisotopic (exact) mass is 211 g/mol. The molecule has 0 aliphatic carbocycles. The molecular formula is C11H21N3O. The summed E-state index contributed by atoms with van der Waals surface area (Å²) in [7, 11) is 0. The molecule has 0 heterocycles. The Bertz CT molecular complexity index is 220. The minimum atomic E-state index is -0.0376. The van der Waals surface area contributed by atoms with Crippen LogP contribution in [0.3, 0.4) is 0 Å². The Morgan fingerprint density at radius 1 is 1.47 bits per heavy atom. The Labute approximate surface area is 92.0 Å². The van der Waals surface area contributed by atoms with Crippen LogP contribution >= 0.6 is 0 Å². The molecule has 0 radical (unpaired) electrons. The average molecular weight is 211 g/mol. The Morgan fingerprint density at radius 2 is 2.13 bits per heavy atom. The Balaban J connectivity index is 3.65. The minimum Gasteiger partial charge on any atom is -0.354 e. The van der Waals surface area contributed by atoms with Crippen molar-refractivity contribution in [3.8, 4) is 6.07 Å². The highest BCUT2D eigenvalue weighted by Crippen LogP contribution is 2.04. The zero-order chi connectivity index (χ0) is 11.7. The zero-order valence-electron chi connectivity index (χ0n) is 9.84. The highest BCUT2D eigenvalue weighted by Gasteiger charge is 2.11. The number of nitrogens with zero attached hydrogens (tertiary/aromatic N) is 1. The summed E-state index contributed by atoms with van der Waals surface area (Å²) in [6.07, 6.45) is 1.39.